The highest BCUT2D eigenvalue weighted by Crippen LogP contribution is 2.48. The number of anilines is 1. The van der Waals surface area contributed by atoms with E-state index in [-0.39, 0.29) is 17.7 Å². The van der Waals surface area contributed by atoms with Gasteiger partial charge in [0, 0.05) is 48.8 Å². The number of carbonyl (C=O) groups excluding carboxylic acids is 3. The summed E-state index contributed by atoms with van der Waals surface area (Å²) in [5.74, 6) is -0.491. The Labute approximate surface area is 156 Å². The van der Waals surface area contributed by atoms with E-state index < -0.39 is 5.41 Å². The van der Waals surface area contributed by atoms with Crippen LogP contribution in [0.4, 0.5) is 5.69 Å². The second kappa shape index (κ2) is 6.84. The first-order valence-electron chi connectivity index (χ1n) is 8.14. The van der Waals surface area contributed by atoms with Crippen molar-refractivity contribution in [1.82, 2.24) is 9.80 Å². The van der Waals surface area contributed by atoms with Crippen molar-refractivity contribution < 1.29 is 14.4 Å². The van der Waals surface area contributed by atoms with Crippen molar-refractivity contribution in [1.29, 1.82) is 0 Å². The largest absolute Gasteiger partial charge is 0.339 e. The van der Waals surface area contributed by atoms with Gasteiger partial charge in [-0.1, -0.05) is 23.2 Å². The number of rotatable bonds is 3. The zero-order valence-corrected chi connectivity index (χ0v) is 15.4. The van der Waals surface area contributed by atoms with Crippen molar-refractivity contribution in [2.24, 2.45) is 5.41 Å². The van der Waals surface area contributed by atoms with E-state index in [1.165, 1.54) is 6.92 Å². The normalized spacial score (nSPS) is 18.7. The van der Waals surface area contributed by atoms with Crippen LogP contribution in [0.2, 0.25) is 10.0 Å². The van der Waals surface area contributed by atoms with Crippen molar-refractivity contribution in [3.63, 3.8) is 0 Å². The first kappa shape index (κ1) is 18.0. The lowest BCUT2D eigenvalue weighted by Crippen LogP contribution is -2.53. The third-order valence-corrected chi connectivity index (χ3v) is 5.16. The monoisotopic (exact) mass is 383 g/mol. The summed E-state index contributed by atoms with van der Waals surface area (Å²) < 4.78 is 0. The number of nitrogens with one attached hydrogen (secondary N) is 1. The molecule has 0 atom stereocenters. The van der Waals surface area contributed by atoms with Gasteiger partial charge in [0.25, 0.3) is 0 Å². The van der Waals surface area contributed by atoms with E-state index in [1.807, 2.05) is 0 Å². The lowest BCUT2D eigenvalue weighted by Gasteiger charge is -2.35. The van der Waals surface area contributed by atoms with Crippen molar-refractivity contribution in [2.75, 3.05) is 31.5 Å². The van der Waals surface area contributed by atoms with Gasteiger partial charge >= 0.3 is 0 Å². The summed E-state index contributed by atoms with van der Waals surface area (Å²) in [6.45, 7) is 3.43. The molecule has 6 nitrogen and oxygen atoms in total. The third-order valence-electron chi connectivity index (χ3n) is 4.73. The highest BCUT2D eigenvalue weighted by molar-refractivity contribution is 6.35. The molecule has 0 aromatic heterocycles. The molecule has 1 saturated carbocycles. The van der Waals surface area contributed by atoms with E-state index in [4.69, 9.17) is 23.2 Å². The highest BCUT2D eigenvalue weighted by atomic mass is 35.5. The van der Waals surface area contributed by atoms with Gasteiger partial charge in [0.1, 0.15) is 5.41 Å². The van der Waals surface area contributed by atoms with E-state index in [0.717, 1.165) is 0 Å². The van der Waals surface area contributed by atoms with E-state index in [1.54, 1.807) is 28.0 Å². The molecule has 2 fully saturated rings. The fraction of sp³-hybridized carbons (Fsp3) is 0.471. The van der Waals surface area contributed by atoms with E-state index >= 15 is 0 Å². The molecule has 1 aromatic carbocycles. The van der Waals surface area contributed by atoms with Crippen molar-refractivity contribution in [3.8, 4) is 0 Å². The van der Waals surface area contributed by atoms with E-state index in [0.29, 0.717) is 54.8 Å². The van der Waals surface area contributed by atoms with Crippen LogP contribution in [0.1, 0.15) is 19.8 Å². The number of benzene rings is 1. The Kier molecular flexibility index (Phi) is 4.93. The molecule has 25 heavy (non-hydrogen) atoms. The van der Waals surface area contributed by atoms with Gasteiger partial charge in [-0.2, -0.15) is 0 Å². The minimum absolute atomic E-state index is 0.00353. The first-order chi connectivity index (χ1) is 11.8. The lowest BCUT2D eigenvalue weighted by atomic mass is 10.0. The number of piperazine rings is 1. The van der Waals surface area contributed by atoms with Crippen LogP contribution in [0.5, 0.6) is 0 Å². The summed E-state index contributed by atoms with van der Waals surface area (Å²) >= 11 is 11.9. The number of hydrogen-bond donors (Lipinski definition) is 1. The summed E-state index contributed by atoms with van der Waals surface area (Å²) in [6.07, 6.45) is 1.05. The molecule has 1 aromatic rings. The highest BCUT2D eigenvalue weighted by Gasteiger charge is 2.58. The third kappa shape index (κ3) is 3.75. The fourth-order valence-corrected chi connectivity index (χ4v) is 3.59. The summed E-state index contributed by atoms with van der Waals surface area (Å²) in [6, 6.07) is 4.76. The lowest BCUT2D eigenvalue weighted by molar-refractivity contribution is -0.146. The average molecular weight is 384 g/mol. The van der Waals surface area contributed by atoms with Gasteiger partial charge in [0.15, 0.2) is 0 Å². The molecular weight excluding hydrogens is 365 g/mol. The number of carbonyl (C=O) groups is 3. The molecular formula is C17H19Cl2N3O3. The molecule has 1 aliphatic carbocycles. The maximum atomic E-state index is 12.8. The van der Waals surface area contributed by atoms with Gasteiger partial charge in [0.05, 0.1) is 0 Å². The Bertz CT molecular complexity index is 706. The van der Waals surface area contributed by atoms with Crippen LogP contribution in [0, 0.1) is 5.41 Å². The maximum absolute atomic E-state index is 12.8. The molecule has 0 spiro atoms. The first-order valence-corrected chi connectivity index (χ1v) is 8.90. The van der Waals surface area contributed by atoms with Crippen LogP contribution >= 0.6 is 23.2 Å². The SMILES string of the molecule is CC(=O)N1CCN(C(=O)C2(C(=O)Nc3cc(Cl)cc(Cl)c3)CC2)CC1. The van der Waals surface area contributed by atoms with Gasteiger partial charge in [-0.15, -0.1) is 0 Å². The van der Waals surface area contributed by atoms with E-state index in [9.17, 15) is 14.4 Å². The van der Waals surface area contributed by atoms with Crippen molar-refractivity contribution >= 4 is 46.6 Å². The Morgan fingerprint density at radius 2 is 1.48 bits per heavy atom. The van der Waals surface area contributed by atoms with Gasteiger partial charge in [0.2, 0.25) is 17.7 Å². The topological polar surface area (TPSA) is 69.7 Å². The predicted molar refractivity (Wildman–Crippen MR) is 95.6 cm³/mol. The number of hydrogen-bond acceptors (Lipinski definition) is 3. The Balaban J connectivity index is 1.66. The molecule has 0 radical (unpaired) electrons. The number of nitrogens with zero attached hydrogens (tertiary/aromatic N) is 2. The van der Waals surface area contributed by atoms with Crippen LogP contribution in [0.3, 0.4) is 0 Å². The molecule has 0 bridgehead atoms. The Morgan fingerprint density at radius 1 is 0.960 bits per heavy atom. The molecule has 1 aliphatic heterocycles. The van der Waals surface area contributed by atoms with Gasteiger partial charge in [-0.25, -0.2) is 0 Å². The van der Waals surface area contributed by atoms with Gasteiger partial charge in [-0.05, 0) is 31.0 Å². The zero-order chi connectivity index (χ0) is 18.2. The van der Waals surface area contributed by atoms with Crippen LogP contribution < -0.4 is 5.32 Å². The average Bonchev–Trinajstić information content (AvgIpc) is 3.35. The van der Waals surface area contributed by atoms with Crippen molar-refractivity contribution in [2.45, 2.75) is 19.8 Å². The second-order valence-electron chi connectivity index (χ2n) is 6.49. The molecule has 3 rings (SSSR count). The molecule has 1 saturated heterocycles. The Hall–Kier alpha value is -1.79. The number of amides is 3. The molecule has 0 unspecified atom stereocenters. The second-order valence-corrected chi connectivity index (χ2v) is 7.37. The van der Waals surface area contributed by atoms with Crippen molar-refractivity contribution in [3.05, 3.63) is 28.2 Å². The molecule has 134 valence electrons. The van der Waals surface area contributed by atoms with Crippen LogP contribution in [0.15, 0.2) is 18.2 Å². The maximum Gasteiger partial charge on any atom is 0.240 e. The smallest absolute Gasteiger partial charge is 0.240 e. The van der Waals surface area contributed by atoms with Crippen LogP contribution in [-0.4, -0.2) is 53.7 Å². The number of halogens is 2. The summed E-state index contributed by atoms with van der Waals surface area (Å²) in [5.41, 5.74) is -0.532. The Morgan fingerprint density at radius 3 is 1.96 bits per heavy atom. The molecule has 1 heterocycles. The van der Waals surface area contributed by atoms with Crippen LogP contribution in [-0.2, 0) is 14.4 Å². The molecule has 2 aliphatic rings. The minimum Gasteiger partial charge on any atom is -0.339 e. The van der Waals surface area contributed by atoms with Gasteiger partial charge < -0.3 is 15.1 Å². The zero-order valence-electron chi connectivity index (χ0n) is 13.8. The summed E-state index contributed by atoms with van der Waals surface area (Å²) in [4.78, 5) is 40.3. The summed E-state index contributed by atoms with van der Waals surface area (Å²) in [7, 11) is 0. The molecule has 3 amide bonds. The molecule has 1 N–H and O–H groups in total. The fourth-order valence-electron chi connectivity index (χ4n) is 3.07. The molecule has 8 heteroatoms. The van der Waals surface area contributed by atoms with Gasteiger partial charge in [-0.3, -0.25) is 14.4 Å². The van der Waals surface area contributed by atoms with E-state index in [2.05, 4.69) is 5.32 Å². The standard InChI is InChI=1S/C17H19Cl2N3O3/c1-11(23)21-4-6-22(7-5-21)16(25)17(2-3-17)15(24)20-14-9-12(18)8-13(19)10-14/h8-10H,2-7H2,1H3,(H,20,24). The van der Waals surface area contributed by atoms with Crippen LogP contribution in [0.25, 0.3) is 0 Å². The quantitative estimate of drug-likeness (QED) is 0.814. The predicted octanol–water partition coefficient (Wildman–Crippen LogP) is 2.40. The minimum atomic E-state index is -1.01. The summed E-state index contributed by atoms with van der Waals surface area (Å²) in [5, 5.41) is 3.59.